The number of carbonyl (C=O) groups excluding carboxylic acids is 3. The van der Waals surface area contributed by atoms with Gasteiger partial charge in [-0.05, 0) is 36.8 Å². The van der Waals surface area contributed by atoms with Crippen molar-refractivity contribution in [2.24, 2.45) is 0 Å². The fourth-order valence-corrected chi connectivity index (χ4v) is 4.28. The molecular formula is C24H21ClF2N6O3. The minimum absolute atomic E-state index is 0.0176. The fourth-order valence-electron chi connectivity index (χ4n) is 4.00. The third kappa shape index (κ3) is 4.57. The Kier molecular flexibility index (Phi) is 6.84. The third-order valence-corrected chi connectivity index (χ3v) is 5.99. The Balaban J connectivity index is 1.87. The van der Waals surface area contributed by atoms with Gasteiger partial charge in [0.1, 0.15) is 22.8 Å². The number of hydrogen-bond acceptors (Lipinski definition) is 5. The number of rotatable bonds is 7. The van der Waals surface area contributed by atoms with E-state index in [1.54, 1.807) is 6.92 Å². The van der Waals surface area contributed by atoms with Crippen LogP contribution in [-0.4, -0.2) is 44.4 Å². The van der Waals surface area contributed by atoms with Crippen molar-refractivity contribution in [3.05, 3.63) is 75.8 Å². The van der Waals surface area contributed by atoms with E-state index in [2.05, 4.69) is 25.8 Å². The number of aromatic nitrogens is 4. The van der Waals surface area contributed by atoms with Crippen LogP contribution in [0, 0.1) is 11.6 Å². The molecule has 0 spiro atoms. The molecule has 2 aromatic heterocycles. The molecule has 0 saturated heterocycles. The Morgan fingerprint density at radius 2 is 1.92 bits per heavy atom. The van der Waals surface area contributed by atoms with Gasteiger partial charge in [-0.15, -0.1) is 0 Å². The second-order valence-corrected chi connectivity index (χ2v) is 8.52. The first-order valence-electron chi connectivity index (χ1n) is 10.8. The van der Waals surface area contributed by atoms with Crippen molar-refractivity contribution in [3.8, 4) is 0 Å². The molecule has 0 aliphatic carbocycles. The molecule has 2 aromatic carbocycles. The highest BCUT2D eigenvalue weighted by atomic mass is 35.5. The number of hydrogen-bond donors (Lipinski definition) is 3. The van der Waals surface area contributed by atoms with Gasteiger partial charge in [0.2, 0.25) is 5.82 Å². The molecule has 2 heterocycles. The average Bonchev–Trinajstić information content (AvgIpc) is 3.42. The summed E-state index contributed by atoms with van der Waals surface area (Å²) in [5.41, 5.74) is 0.555. The van der Waals surface area contributed by atoms with Gasteiger partial charge in [0.25, 0.3) is 11.8 Å². The highest BCUT2D eigenvalue weighted by Gasteiger charge is 2.29. The molecule has 186 valence electrons. The van der Waals surface area contributed by atoms with Gasteiger partial charge >= 0.3 is 0 Å². The SMILES string of the molecule is CNC(=O)c1nc(NC(=O)c2[nH]nc3c(F)cccc23)c(C(C)c2cc(F)ccc2Cl)n1CC(C)=O. The average molecular weight is 515 g/mol. The maximum Gasteiger partial charge on any atom is 0.287 e. The van der Waals surface area contributed by atoms with Crippen molar-refractivity contribution >= 4 is 45.9 Å². The van der Waals surface area contributed by atoms with E-state index in [0.717, 1.165) is 0 Å². The van der Waals surface area contributed by atoms with Gasteiger partial charge in [0, 0.05) is 23.4 Å². The molecule has 36 heavy (non-hydrogen) atoms. The monoisotopic (exact) mass is 514 g/mol. The fraction of sp³-hybridized carbons (Fsp3) is 0.208. The lowest BCUT2D eigenvalue weighted by Gasteiger charge is -2.19. The summed E-state index contributed by atoms with van der Waals surface area (Å²) in [6.45, 7) is 2.77. The van der Waals surface area contributed by atoms with Crippen molar-refractivity contribution in [3.63, 3.8) is 0 Å². The number of carbonyl (C=O) groups is 3. The molecule has 12 heteroatoms. The summed E-state index contributed by atoms with van der Waals surface area (Å²) in [5, 5.41) is 11.9. The molecular weight excluding hydrogens is 494 g/mol. The number of halogens is 3. The Labute approximate surface area is 208 Å². The summed E-state index contributed by atoms with van der Waals surface area (Å²) >= 11 is 6.34. The minimum atomic E-state index is -0.710. The van der Waals surface area contributed by atoms with Gasteiger partial charge in [-0.3, -0.25) is 19.5 Å². The van der Waals surface area contributed by atoms with E-state index in [-0.39, 0.29) is 51.3 Å². The van der Waals surface area contributed by atoms with Crippen molar-refractivity contribution in [1.29, 1.82) is 0 Å². The number of nitrogens with one attached hydrogen (secondary N) is 3. The summed E-state index contributed by atoms with van der Waals surface area (Å²) in [6.07, 6.45) is 0. The van der Waals surface area contributed by atoms with E-state index in [1.807, 2.05) is 0 Å². The molecule has 0 bridgehead atoms. The van der Waals surface area contributed by atoms with Crippen LogP contribution in [-0.2, 0) is 11.3 Å². The molecule has 1 atom stereocenters. The molecule has 4 aromatic rings. The van der Waals surface area contributed by atoms with Crippen LogP contribution in [0.15, 0.2) is 36.4 Å². The lowest BCUT2D eigenvalue weighted by Crippen LogP contribution is -2.25. The number of aromatic amines is 1. The molecule has 1 unspecified atom stereocenters. The van der Waals surface area contributed by atoms with Crippen molar-refractivity contribution in [2.75, 3.05) is 12.4 Å². The molecule has 0 aliphatic heterocycles. The predicted octanol–water partition coefficient (Wildman–Crippen LogP) is 4.04. The third-order valence-electron chi connectivity index (χ3n) is 5.65. The number of para-hydroxylation sites is 1. The molecule has 0 aliphatic rings. The number of anilines is 1. The van der Waals surface area contributed by atoms with Crippen LogP contribution in [0.25, 0.3) is 10.9 Å². The number of H-pyrrole nitrogens is 1. The van der Waals surface area contributed by atoms with Crippen molar-refractivity contribution in [2.45, 2.75) is 26.3 Å². The van der Waals surface area contributed by atoms with E-state index in [0.29, 0.717) is 5.56 Å². The van der Waals surface area contributed by atoms with Crippen molar-refractivity contribution < 1.29 is 23.2 Å². The Hall–Kier alpha value is -4.12. The predicted molar refractivity (Wildman–Crippen MR) is 129 cm³/mol. The second-order valence-electron chi connectivity index (χ2n) is 8.11. The molecule has 0 saturated carbocycles. The van der Waals surface area contributed by atoms with Crippen LogP contribution in [0.3, 0.4) is 0 Å². The van der Waals surface area contributed by atoms with Crippen LogP contribution >= 0.6 is 11.6 Å². The van der Waals surface area contributed by atoms with Gasteiger partial charge in [0.15, 0.2) is 11.6 Å². The number of fused-ring (bicyclic) bond motifs is 1. The topological polar surface area (TPSA) is 122 Å². The largest absolute Gasteiger partial charge is 0.352 e. The summed E-state index contributed by atoms with van der Waals surface area (Å²) in [7, 11) is 1.39. The van der Waals surface area contributed by atoms with Crippen LogP contribution in [0.1, 0.15) is 52.1 Å². The van der Waals surface area contributed by atoms with Crippen LogP contribution in [0.4, 0.5) is 14.6 Å². The quantitative estimate of drug-likeness (QED) is 0.343. The number of nitrogens with zero attached hydrogens (tertiary/aromatic N) is 3. The summed E-state index contributed by atoms with van der Waals surface area (Å²) in [6, 6.07) is 8.00. The number of imidazole rings is 1. The van der Waals surface area contributed by atoms with Gasteiger partial charge < -0.3 is 15.2 Å². The maximum atomic E-state index is 14.1. The zero-order valence-corrected chi connectivity index (χ0v) is 20.2. The van der Waals surface area contributed by atoms with Gasteiger partial charge in [-0.25, -0.2) is 13.8 Å². The van der Waals surface area contributed by atoms with Crippen LogP contribution < -0.4 is 10.6 Å². The molecule has 0 fully saturated rings. The molecule has 4 rings (SSSR count). The molecule has 2 amide bonds. The lowest BCUT2D eigenvalue weighted by molar-refractivity contribution is -0.117. The standard InChI is InChI=1S/C24H21ClF2N6O3/c1-11(34)10-33-20(12(2)15-9-13(26)7-8-16(15)25)21(29-22(33)24(36)28-3)30-23(35)19-14-5-4-6-17(27)18(14)31-32-19/h4-9,12H,10H2,1-3H3,(H,28,36)(H,30,35)(H,31,32). The number of ketones is 1. The highest BCUT2D eigenvalue weighted by Crippen LogP contribution is 2.35. The molecule has 9 nitrogen and oxygen atoms in total. The van der Waals surface area contributed by atoms with Crippen LogP contribution in [0.2, 0.25) is 5.02 Å². The minimum Gasteiger partial charge on any atom is -0.352 e. The van der Waals surface area contributed by atoms with E-state index >= 15 is 0 Å². The number of Topliss-reactive ketones (excluding diaryl/α,β-unsaturated/α-hetero) is 1. The zero-order chi connectivity index (χ0) is 26.1. The summed E-state index contributed by atoms with van der Waals surface area (Å²) in [4.78, 5) is 42.2. The lowest BCUT2D eigenvalue weighted by atomic mass is 9.96. The molecule has 0 radical (unpaired) electrons. The Bertz CT molecular complexity index is 1510. The van der Waals surface area contributed by atoms with E-state index in [4.69, 9.17) is 11.6 Å². The van der Waals surface area contributed by atoms with Gasteiger partial charge in [-0.2, -0.15) is 5.10 Å². The highest BCUT2D eigenvalue weighted by molar-refractivity contribution is 6.31. The normalized spacial score (nSPS) is 11.9. The number of benzene rings is 2. The zero-order valence-electron chi connectivity index (χ0n) is 19.4. The second kappa shape index (κ2) is 9.86. The first kappa shape index (κ1) is 25.0. The first-order chi connectivity index (χ1) is 17.1. The Morgan fingerprint density at radius 3 is 2.61 bits per heavy atom. The first-order valence-corrected chi connectivity index (χ1v) is 11.2. The van der Waals surface area contributed by atoms with E-state index in [1.165, 1.54) is 54.9 Å². The van der Waals surface area contributed by atoms with E-state index in [9.17, 15) is 23.2 Å². The van der Waals surface area contributed by atoms with Crippen LogP contribution in [0.5, 0.6) is 0 Å². The van der Waals surface area contributed by atoms with Gasteiger partial charge in [-0.1, -0.05) is 30.7 Å². The summed E-state index contributed by atoms with van der Waals surface area (Å²) < 4.78 is 29.5. The maximum absolute atomic E-state index is 14.1. The summed E-state index contributed by atoms with van der Waals surface area (Å²) in [5.74, 6) is -3.64. The smallest absolute Gasteiger partial charge is 0.287 e. The van der Waals surface area contributed by atoms with Crippen molar-refractivity contribution in [1.82, 2.24) is 25.1 Å². The van der Waals surface area contributed by atoms with Gasteiger partial charge in [0.05, 0.1) is 12.2 Å². The molecule has 3 N–H and O–H groups in total. The number of amides is 2. The van der Waals surface area contributed by atoms with E-state index < -0.39 is 29.4 Å². The Morgan fingerprint density at radius 1 is 1.17 bits per heavy atom.